The Hall–Kier alpha value is -7.16. The Morgan fingerprint density at radius 1 is 0.355 bits per heavy atom. The maximum absolute atomic E-state index is 2.52. The van der Waals surface area contributed by atoms with Gasteiger partial charge in [-0.15, -0.1) is 0 Å². The number of hydrogen-bond acceptors (Lipinski definition) is 1. The lowest BCUT2D eigenvalue weighted by atomic mass is 9.85. The topological polar surface area (TPSA) is 8.17 Å². The van der Waals surface area contributed by atoms with E-state index in [1.165, 1.54) is 93.2 Å². The number of nitrogens with zero attached hydrogens (tertiary/aromatic N) is 2. The van der Waals surface area contributed by atoms with E-state index < -0.39 is 0 Å². The zero-order valence-corrected chi connectivity index (χ0v) is 36.4. The van der Waals surface area contributed by atoms with Crippen molar-refractivity contribution in [2.75, 3.05) is 4.90 Å². The molecule has 11 aromatic rings. The van der Waals surface area contributed by atoms with Crippen LogP contribution in [-0.4, -0.2) is 4.57 Å². The fraction of sp³-hybridized carbons (Fsp3) is 0.133. The summed E-state index contributed by atoms with van der Waals surface area (Å²) in [6, 6.07) is 72.2. The van der Waals surface area contributed by atoms with E-state index >= 15 is 0 Å². The third-order valence-electron chi connectivity index (χ3n) is 13.1. The van der Waals surface area contributed by atoms with Crippen LogP contribution in [0.15, 0.2) is 194 Å². The first kappa shape index (κ1) is 37.8. The summed E-state index contributed by atoms with van der Waals surface area (Å²) in [7, 11) is 0. The van der Waals surface area contributed by atoms with Crippen LogP contribution in [0.3, 0.4) is 0 Å². The van der Waals surface area contributed by atoms with Gasteiger partial charge in [0.05, 0.1) is 22.4 Å². The fourth-order valence-electron chi connectivity index (χ4n) is 9.67. The second kappa shape index (κ2) is 14.2. The van der Waals surface area contributed by atoms with Gasteiger partial charge < -0.3 is 9.47 Å². The first-order valence-electron chi connectivity index (χ1n) is 21.9. The van der Waals surface area contributed by atoms with E-state index in [0.29, 0.717) is 0 Å². The summed E-state index contributed by atoms with van der Waals surface area (Å²) >= 11 is 0. The monoisotopic (exact) mass is 798 g/mol. The Morgan fingerprint density at radius 3 is 1.26 bits per heavy atom. The third-order valence-corrected chi connectivity index (χ3v) is 13.1. The van der Waals surface area contributed by atoms with Gasteiger partial charge in [0.15, 0.2) is 0 Å². The van der Waals surface area contributed by atoms with Crippen molar-refractivity contribution in [3.63, 3.8) is 0 Å². The third kappa shape index (κ3) is 6.24. The van der Waals surface area contributed by atoms with Crippen molar-refractivity contribution in [1.82, 2.24) is 4.57 Å². The van der Waals surface area contributed by atoms with Crippen LogP contribution in [0.2, 0.25) is 0 Å². The molecule has 0 aliphatic rings. The van der Waals surface area contributed by atoms with Gasteiger partial charge >= 0.3 is 0 Å². The fourth-order valence-corrected chi connectivity index (χ4v) is 9.67. The lowest BCUT2D eigenvalue weighted by Gasteiger charge is -2.28. The molecule has 0 saturated carbocycles. The van der Waals surface area contributed by atoms with E-state index in [4.69, 9.17) is 0 Å². The minimum Gasteiger partial charge on any atom is -0.310 e. The Morgan fingerprint density at radius 2 is 0.774 bits per heavy atom. The molecule has 0 unspecified atom stereocenters. The van der Waals surface area contributed by atoms with Gasteiger partial charge in [-0.2, -0.15) is 0 Å². The standard InChI is InChI=1S/C60H50N2/c1-59(2,3)45-25-35-55-51(37-45)52-38-46(60(4,5)6)26-36-56(52)62(55)54-34-24-44-21-31-49-53(33-23-43-22-32-50(54)58(44)57(43)49)61(47-27-17-41(18-28-47)39-13-9-7-10-14-39)48-29-19-42(20-30-48)40-15-11-8-12-16-40/h7-38H,1-6H3. The zero-order chi connectivity index (χ0) is 42.3. The molecule has 0 aliphatic heterocycles. The van der Waals surface area contributed by atoms with E-state index in [2.05, 4.69) is 245 Å². The molecule has 10 aromatic carbocycles. The van der Waals surface area contributed by atoms with Crippen LogP contribution in [-0.2, 0) is 10.8 Å². The smallest absolute Gasteiger partial charge is 0.0541 e. The van der Waals surface area contributed by atoms with Crippen molar-refractivity contribution < 1.29 is 0 Å². The van der Waals surface area contributed by atoms with E-state index in [0.717, 1.165) is 17.1 Å². The zero-order valence-electron chi connectivity index (χ0n) is 36.4. The van der Waals surface area contributed by atoms with Gasteiger partial charge in [-0.25, -0.2) is 0 Å². The van der Waals surface area contributed by atoms with Gasteiger partial charge in [-0.1, -0.05) is 175 Å². The normalized spacial score (nSPS) is 12.4. The molecule has 0 saturated heterocycles. The number of anilines is 3. The minimum absolute atomic E-state index is 0.0384. The lowest BCUT2D eigenvalue weighted by molar-refractivity contribution is 0.590. The molecule has 0 N–H and O–H groups in total. The molecule has 0 aliphatic carbocycles. The molecule has 1 heterocycles. The Labute approximate surface area is 364 Å². The van der Waals surface area contributed by atoms with Crippen LogP contribution in [0, 0.1) is 0 Å². The van der Waals surface area contributed by atoms with E-state index in [-0.39, 0.29) is 10.8 Å². The summed E-state index contributed by atoms with van der Waals surface area (Å²) in [6.45, 7) is 13.9. The number of aromatic nitrogens is 1. The first-order chi connectivity index (χ1) is 30.0. The highest BCUT2D eigenvalue weighted by atomic mass is 15.1. The highest BCUT2D eigenvalue weighted by Crippen LogP contribution is 2.47. The molecule has 0 spiro atoms. The summed E-state index contributed by atoms with van der Waals surface area (Å²) in [5, 5.41) is 10.2. The van der Waals surface area contributed by atoms with Crippen molar-refractivity contribution in [1.29, 1.82) is 0 Å². The number of fused-ring (bicyclic) bond motifs is 3. The van der Waals surface area contributed by atoms with Crippen molar-refractivity contribution in [3.8, 4) is 27.9 Å². The molecule has 1 aromatic heterocycles. The van der Waals surface area contributed by atoms with E-state index in [1.807, 2.05) is 0 Å². The van der Waals surface area contributed by atoms with Crippen molar-refractivity contribution in [3.05, 3.63) is 205 Å². The van der Waals surface area contributed by atoms with Crippen molar-refractivity contribution in [2.45, 2.75) is 52.4 Å². The second-order valence-corrected chi connectivity index (χ2v) is 19.1. The molecular weight excluding hydrogens is 749 g/mol. The summed E-state index contributed by atoms with van der Waals surface area (Å²) in [4.78, 5) is 2.43. The molecule has 0 bridgehead atoms. The van der Waals surface area contributed by atoms with Crippen LogP contribution in [0.5, 0.6) is 0 Å². The molecule has 300 valence electrons. The average molecular weight is 799 g/mol. The van der Waals surface area contributed by atoms with Gasteiger partial charge in [0.25, 0.3) is 0 Å². The van der Waals surface area contributed by atoms with E-state index in [9.17, 15) is 0 Å². The highest BCUT2D eigenvalue weighted by Gasteiger charge is 2.24. The van der Waals surface area contributed by atoms with Crippen molar-refractivity contribution in [2.24, 2.45) is 0 Å². The highest BCUT2D eigenvalue weighted by molar-refractivity contribution is 6.27. The van der Waals surface area contributed by atoms with Crippen LogP contribution >= 0.6 is 0 Å². The SMILES string of the molecule is CC(C)(C)c1ccc2c(c1)c1cc(C(C)(C)C)ccc1n2-c1ccc2ccc3c(N(c4ccc(-c5ccccc5)cc4)c4ccc(-c5ccccc5)cc4)ccc4ccc1c2c43. The maximum Gasteiger partial charge on any atom is 0.0541 e. The molecule has 0 amide bonds. The van der Waals surface area contributed by atoms with Crippen LogP contribution in [0.1, 0.15) is 52.7 Å². The molecule has 0 atom stereocenters. The second-order valence-electron chi connectivity index (χ2n) is 19.1. The summed E-state index contributed by atoms with van der Waals surface area (Å²) in [5.74, 6) is 0. The van der Waals surface area contributed by atoms with Gasteiger partial charge in [0.2, 0.25) is 0 Å². The number of rotatable bonds is 6. The van der Waals surface area contributed by atoms with Gasteiger partial charge in [0.1, 0.15) is 0 Å². The molecule has 2 nitrogen and oxygen atoms in total. The van der Waals surface area contributed by atoms with Gasteiger partial charge in [-0.05, 0) is 126 Å². The van der Waals surface area contributed by atoms with Gasteiger partial charge in [-0.3, -0.25) is 0 Å². The number of hydrogen-bond donors (Lipinski definition) is 0. The maximum atomic E-state index is 2.52. The van der Waals surface area contributed by atoms with Crippen LogP contribution in [0.25, 0.3) is 82.1 Å². The van der Waals surface area contributed by atoms with Crippen LogP contribution < -0.4 is 4.90 Å². The molecule has 62 heavy (non-hydrogen) atoms. The predicted molar refractivity (Wildman–Crippen MR) is 267 cm³/mol. The quantitative estimate of drug-likeness (QED) is 0.152. The predicted octanol–water partition coefficient (Wildman–Crippen LogP) is 17.1. The van der Waals surface area contributed by atoms with Crippen LogP contribution in [0.4, 0.5) is 17.1 Å². The summed E-state index contributed by atoms with van der Waals surface area (Å²) in [6.07, 6.45) is 0. The summed E-state index contributed by atoms with van der Waals surface area (Å²) < 4.78 is 2.52. The molecule has 11 rings (SSSR count). The minimum atomic E-state index is 0.0384. The largest absolute Gasteiger partial charge is 0.310 e. The lowest BCUT2D eigenvalue weighted by Crippen LogP contribution is -2.10. The molecule has 0 fully saturated rings. The van der Waals surface area contributed by atoms with Crippen molar-refractivity contribution >= 4 is 71.2 Å². The Balaban J connectivity index is 1.13. The number of benzene rings is 10. The molecular formula is C60H50N2. The Bertz CT molecular complexity index is 3280. The summed E-state index contributed by atoms with van der Waals surface area (Å²) in [5.41, 5.74) is 14.6. The van der Waals surface area contributed by atoms with E-state index in [1.54, 1.807) is 0 Å². The average Bonchev–Trinajstić information content (AvgIpc) is 3.62. The molecule has 0 radical (unpaired) electrons. The Kier molecular flexibility index (Phi) is 8.67. The molecule has 2 heteroatoms. The first-order valence-corrected chi connectivity index (χ1v) is 21.9. The van der Waals surface area contributed by atoms with Gasteiger partial charge in [0, 0.05) is 32.9 Å².